The Kier molecular flexibility index (Phi) is 5.17. The van der Waals surface area contributed by atoms with Gasteiger partial charge in [-0.1, -0.05) is 36.4 Å². The maximum atomic E-state index is 12.8. The van der Waals surface area contributed by atoms with Gasteiger partial charge in [-0.15, -0.1) is 11.3 Å². The van der Waals surface area contributed by atoms with Crippen molar-refractivity contribution < 1.29 is 14.4 Å². The zero-order chi connectivity index (χ0) is 20.2. The molecule has 2 aromatic carbocycles. The summed E-state index contributed by atoms with van der Waals surface area (Å²) >= 11 is 1.32. The van der Waals surface area contributed by atoms with Crippen molar-refractivity contribution in [2.45, 2.75) is 6.54 Å². The highest BCUT2D eigenvalue weighted by Gasteiger charge is 2.22. The Hall–Kier alpha value is -3.78. The van der Waals surface area contributed by atoms with Crippen LogP contribution in [-0.4, -0.2) is 27.1 Å². The number of rotatable bonds is 6. The first-order chi connectivity index (χ1) is 14.1. The smallest absolute Gasteiger partial charge is 0.296 e. The fourth-order valence-corrected chi connectivity index (χ4v) is 3.53. The third kappa shape index (κ3) is 4.07. The van der Waals surface area contributed by atoms with Crippen LogP contribution >= 0.6 is 11.3 Å². The van der Waals surface area contributed by atoms with Crippen molar-refractivity contribution in [1.82, 2.24) is 9.55 Å². The molecule has 0 saturated heterocycles. The first kappa shape index (κ1) is 18.6. The molecule has 8 heteroatoms. The molecule has 0 aliphatic heterocycles. The SMILES string of the molecule is O=C(Cn1cc(C(=O)C(=O)Nc2ccccc2)c2ccccc21)Nc1nccs1. The Balaban J connectivity index is 1.59. The van der Waals surface area contributed by atoms with E-state index in [1.807, 2.05) is 12.1 Å². The summed E-state index contributed by atoms with van der Waals surface area (Å²) in [7, 11) is 0. The number of Topliss-reactive ketones (excluding diaryl/α,β-unsaturated/α-hetero) is 1. The summed E-state index contributed by atoms with van der Waals surface area (Å²) in [5.74, 6) is -1.66. The van der Waals surface area contributed by atoms with Gasteiger partial charge in [0.05, 0.1) is 5.56 Å². The Morgan fingerprint density at radius 3 is 2.48 bits per heavy atom. The van der Waals surface area contributed by atoms with Crippen LogP contribution in [0.4, 0.5) is 10.8 Å². The Morgan fingerprint density at radius 2 is 1.72 bits per heavy atom. The van der Waals surface area contributed by atoms with Crippen LogP contribution in [0.25, 0.3) is 10.9 Å². The molecule has 0 saturated carbocycles. The molecule has 0 bridgehead atoms. The van der Waals surface area contributed by atoms with E-state index in [-0.39, 0.29) is 18.0 Å². The van der Waals surface area contributed by atoms with E-state index in [1.54, 1.807) is 64.8 Å². The average Bonchev–Trinajstić information content (AvgIpc) is 3.36. The normalized spacial score (nSPS) is 10.6. The quantitative estimate of drug-likeness (QED) is 0.380. The summed E-state index contributed by atoms with van der Waals surface area (Å²) in [5, 5.41) is 8.20. The standard InChI is InChI=1S/C21H16N4O3S/c26-18(24-21-22-10-11-29-21)13-25-12-16(15-8-4-5-9-17(15)25)19(27)20(28)23-14-6-2-1-3-7-14/h1-12H,13H2,(H,23,28)(H,22,24,26). The summed E-state index contributed by atoms with van der Waals surface area (Å²) in [6.45, 7) is -0.00627. The summed E-state index contributed by atoms with van der Waals surface area (Å²) in [6, 6.07) is 15.9. The van der Waals surface area contributed by atoms with Crippen LogP contribution in [0.5, 0.6) is 0 Å². The molecule has 4 aromatic rings. The Morgan fingerprint density at radius 1 is 0.966 bits per heavy atom. The van der Waals surface area contributed by atoms with Crippen molar-refractivity contribution in [3.63, 3.8) is 0 Å². The molecule has 0 aliphatic rings. The van der Waals surface area contributed by atoms with Crippen molar-refractivity contribution in [2.24, 2.45) is 0 Å². The number of benzene rings is 2. The molecule has 144 valence electrons. The summed E-state index contributed by atoms with van der Waals surface area (Å²) in [6.07, 6.45) is 3.15. The number of carbonyl (C=O) groups excluding carboxylic acids is 3. The number of ketones is 1. The van der Waals surface area contributed by atoms with E-state index in [0.717, 1.165) is 0 Å². The fraction of sp³-hybridized carbons (Fsp3) is 0.0476. The van der Waals surface area contributed by atoms with Gasteiger partial charge in [-0.05, 0) is 18.2 Å². The predicted octanol–water partition coefficient (Wildman–Crippen LogP) is 3.56. The average molecular weight is 404 g/mol. The van der Waals surface area contributed by atoms with Crippen LogP contribution in [0, 0.1) is 0 Å². The third-order valence-corrected chi connectivity index (χ3v) is 4.95. The lowest BCUT2D eigenvalue weighted by molar-refractivity contribution is -0.116. The van der Waals surface area contributed by atoms with E-state index in [9.17, 15) is 14.4 Å². The van der Waals surface area contributed by atoms with Crippen molar-refractivity contribution >= 4 is 50.7 Å². The molecule has 0 atom stereocenters. The maximum Gasteiger partial charge on any atom is 0.296 e. The second-order valence-corrected chi connectivity index (χ2v) is 7.12. The molecule has 0 unspecified atom stereocenters. The number of hydrogen-bond acceptors (Lipinski definition) is 5. The van der Waals surface area contributed by atoms with E-state index in [1.165, 1.54) is 11.3 Å². The van der Waals surface area contributed by atoms with E-state index in [4.69, 9.17) is 0 Å². The van der Waals surface area contributed by atoms with Crippen LogP contribution < -0.4 is 10.6 Å². The highest BCUT2D eigenvalue weighted by atomic mass is 32.1. The number of nitrogens with one attached hydrogen (secondary N) is 2. The Labute approximate surface area is 170 Å². The molecule has 0 radical (unpaired) electrons. The number of amides is 2. The number of nitrogens with zero attached hydrogens (tertiary/aromatic N) is 2. The number of anilines is 2. The molecule has 2 heterocycles. The van der Waals surface area contributed by atoms with Gasteiger partial charge in [0, 0.05) is 34.4 Å². The van der Waals surface area contributed by atoms with Gasteiger partial charge in [0.15, 0.2) is 5.13 Å². The zero-order valence-corrected chi connectivity index (χ0v) is 16.0. The van der Waals surface area contributed by atoms with Gasteiger partial charge >= 0.3 is 0 Å². The predicted molar refractivity (Wildman–Crippen MR) is 112 cm³/mol. The van der Waals surface area contributed by atoms with Gasteiger partial charge < -0.3 is 15.2 Å². The highest BCUT2D eigenvalue weighted by molar-refractivity contribution is 7.13. The minimum atomic E-state index is -0.730. The lowest BCUT2D eigenvalue weighted by Gasteiger charge is -2.05. The third-order valence-electron chi connectivity index (χ3n) is 4.26. The van der Waals surface area contributed by atoms with Gasteiger partial charge in [0.2, 0.25) is 5.91 Å². The van der Waals surface area contributed by atoms with Gasteiger partial charge in [-0.3, -0.25) is 14.4 Å². The Bertz CT molecular complexity index is 1180. The molecule has 4 rings (SSSR count). The number of hydrogen-bond donors (Lipinski definition) is 2. The van der Waals surface area contributed by atoms with Crippen molar-refractivity contribution in [3.8, 4) is 0 Å². The molecule has 7 nitrogen and oxygen atoms in total. The van der Waals surface area contributed by atoms with Gasteiger partial charge in [0.25, 0.3) is 11.7 Å². The van der Waals surface area contributed by atoms with Crippen LogP contribution in [0.2, 0.25) is 0 Å². The number of fused-ring (bicyclic) bond motifs is 1. The maximum absolute atomic E-state index is 12.8. The van der Waals surface area contributed by atoms with Crippen LogP contribution in [-0.2, 0) is 16.1 Å². The number of para-hydroxylation sites is 2. The number of carbonyl (C=O) groups is 3. The summed E-state index contributed by atoms with van der Waals surface area (Å²) in [4.78, 5) is 41.6. The summed E-state index contributed by atoms with van der Waals surface area (Å²) < 4.78 is 1.65. The molecule has 0 fully saturated rings. The zero-order valence-electron chi connectivity index (χ0n) is 15.2. The van der Waals surface area contributed by atoms with Crippen LogP contribution in [0.1, 0.15) is 10.4 Å². The largest absolute Gasteiger partial charge is 0.337 e. The number of thiazole rings is 1. The molecule has 0 spiro atoms. The first-order valence-electron chi connectivity index (χ1n) is 8.80. The second kappa shape index (κ2) is 8.07. The van der Waals surface area contributed by atoms with Crippen LogP contribution in [0.15, 0.2) is 72.4 Å². The van der Waals surface area contributed by atoms with E-state index in [2.05, 4.69) is 15.6 Å². The second-order valence-electron chi connectivity index (χ2n) is 6.22. The fourth-order valence-electron chi connectivity index (χ4n) is 2.99. The molecule has 29 heavy (non-hydrogen) atoms. The molecule has 2 N–H and O–H groups in total. The van der Waals surface area contributed by atoms with Gasteiger partial charge in [-0.2, -0.15) is 0 Å². The molecular weight excluding hydrogens is 388 g/mol. The molecule has 0 aliphatic carbocycles. The summed E-state index contributed by atoms with van der Waals surface area (Å²) in [5.41, 5.74) is 1.48. The highest BCUT2D eigenvalue weighted by Crippen LogP contribution is 2.23. The van der Waals surface area contributed by atoms with Crippen LogP contribution in [0.3, 0.4) is 0 Å². The monoisotopic (exact) mass is 404 g/mol. The lowest BCUT2D eigenvalue weighted by Crippen LogP contribution is -2.23. The minimum Gasteiger partial charge on any atom is -0.337 e. The van der Waals surface area contributed by atoms with Crippen molar-refractivity contribution in [1.29, 1.82) is 0 Å². The molecule has 2 aromatic heterocycles. The molecular formula is C21H16N4O3S. The van der Waals surface area contributed by atoms with E-state index >= 15 is 0 Å². The first-order valence-corrected chi connectivity index (χ1v) is 9.68. The minimum absolute atomic E-state index is 0.00627. The topological polar surface area (TPSA) is 93.1 Å². The molecule has 2 amide bonds. The van der Waals surface area contributed by atoms with Crippen molar-refractivity contribution in [2.75, 3.05) is 10.6 Å². The van der Waals surface area contributed by atoms with E-state index < -0.39 is 11.7 Å². The number of aromatic nitrogens is 2. The van der Waals surface area contributed by atoms with Crippen molar-refractivity contribution in [3.05, 3.63) is 77.9 Å². The van der Waals surface area contributed by atoms with Gasteiger partial charge in [-0.25, -0.2) is 4.98 Å². The van der Waals surface area contributed by atoms with E-state index in [0.29, 0.717) is 21.7 Å². The van der Waals surface area contributed by atoms with Gasteiger partial charge in [0.1, 0.15) is 6.54 Å². The lowest BCUT2D eigenvalue weighted by atomic mass is 10.1.